The van der Waals surface area contributed by atoms with Crippen LogP contribution >= 0.6 is 0 Å². The van der Waals surface area contributed by atoms with E-state index in [2.05, 4.69) is 10.4 Å². The summed E-state index contributed by atoms with van der Waals surface area (Å²) in [5, 5.41) is 8.67. The van der Waals surface area contributed by atoms with Gasteiger partial charge >= 0.3 is 0 Å². The fraction of sp³-hybridized carbons (Fsp3) is 0.182. The monoisotopic (exact) mass is 422 g/mol. The molecule has 2 heterocycles. The molecular formula is C22H22N4O3S. The van der Waals surface area contributed by atoms with E-state index in [1.165, 1.54) is 10.8 Å². The Morgan fingerprint density at radius 1 is 0.933 bits per heavy atom. The Morgan fingerprint density at radius 2 is 1.70 bits per heavy atom. The first-order valence-electron chi connectivity index (χ1n) is 9.33. The van der Waals surface area contributed by atoms with Crippen molar-refractivity contribution in [1.29, 1.82) is 0 Å². The van der Waals surface area contributed by atoms with E-state index in [4.69, 9.17) is 0 Å². The van der Waals surface area contributed by atoms with Crippen LogP contribution < -0.4 is 10.9 Å². The van der Waals surface area contributed by atoms with Crippen molar-refractivity contribution < 1.29 is 8.42 Å². The van der Waals surface area contributed by atoms with Crippen molar-refractivity contribution in [3.05, 3.63) is 65.3 Å². The molecule has 0 saturated carbocycles. The van der Waals surface area contributed by atoms with E-state index in [1.54, 1.807) is 49.4 Å². The van der Waals surface area contributed by atoms with Crippen molar-refractivity contribution in [3.8, 4) is 22.3 Å². The number of hydrogen-bond acceptors (Lipinski definition) is 5. The Morgan fingerprint density at radius 3 is 2.33 bits per heavy atom. The highest BCUT2D eigenvalue weighted by atomic mass is 32.2. The Hall–Kier alpha value is -3.39. The minimum Gasteiger partial charge on any atom is -0.388 e. The van der Waals surface area contributed by atoms with Gasteiger partial charge in [-0.05, 0) is 41.3 Å². The molecule has 0 bridgehead atoms. The molecule has 0 atom stereocenters. The highest BCUT2D eigenvalue weighted by Crippen LogP contribution is 2.36. The third-order valence-corrected chi connectivity index (χ3v) is 6.31. The number of nitrogens with zero attached hydrogens (tertiary/aromatic N) is 3. The summed E-state index contributed by atoms with van der Waals surface area (Å²) in [5.41, 5.74) is 4.00. The van der Waals surface area contributed by atoms with Crippen LogP contribution in [0.4, 0.5) is 5.69 Å². The number of sulfone groups is 1. The second kappa shape index (κ2) is 7.14. The molecule has 4 aromatic rings. The second-order valence-corrected chi connectivity index (χ2v) is 9.37. The summed E-state index contributed by atoms with van der Waals surface area (Å²) in [6.45, 7) is 0. The number of anilines is 1. The van der Waals surface area contributed by atoms with Crippen LogP contribution in [0.1, 0.15) is 0 Å². The van der Waals surface area contributed by atoms with E-state index in [-0.39, 0.29) is 10.5 Å². The molecule has 8 heteroatoms. The van der Waals surface area contributed by atoms with E-state index in [1.807, 2.05) is 31.4 Å². The van der Waals surface area contributed by atoms with Gasteiger partial charge in [0, 0.05) is 67.6 Å². The van der Waals surface area contributed by atoms with Gasteiger partial charge in [0.2, 0.25) is 0 Å². The molecule has 30 heavy (non-hydrogen) atoms. The van der Waals surface area contributed by atoms with Gasteiger partial charge in [0.05, 0.1) is 11.1 Å². The summed E-state index contributed by atoms with van der Waals surface area (Å²) < 4.78 is 27.6. The SMILES string of the molecule is CNc1ccc(S(C)(=O)=O)cc1-c1cn(C)c(=O)c2ccc(-c3cnn(C)c3)cc12. The molecule has 4 rings (SSSR count). The summed E-state index contributed by atoms with van der Waals surface area (Å²) in [4.78, 5) is 13.0. The lowest BCUT2D eigenvalue weighted by Gasteiger charge is -2.15. The summed E-state index contributed by atoms with van der Waals surface area (Å²) in [5.74, 6) is 0. The quantitative estimate of drug-likeness (QED) is 0.546. The number of fused-ring (bicyclic) bond motifs is 1. The summed E-state index contributed by atoms with van der Waals surface area (Å²) in [7, 11) is 1.94. The van der Waals surface area contributed by atoms with Gasteiger partial charge in [-0.25, -0.2) is 8.42 Å². The lowest BCUT2D eigenvalue weighted by Crippen LogP contribution is -2.16. The van der Waals surface area contributed by atoms with Gasteiger partial charge < -0.3 is 9.88 Å². The van der Waals surface area contributed by atoms with Gasteiger partial charge in [-0.2, -0.15) is 5.10 Å². The van der Waals surface area contributed by atoms with E-state index in [9.17, 15) is 13.2 Å². The topological polar surface area (TPSA) is 86.0 Å². The number of benzene rings is 2. The minimum atomic E-state index is -3.39. The molecule has 2 aromatic heterocycles. The van der Waals surface area contributed by atoms with Crippen LogP contribution in [-0.2, 0) is 23.9 Å². The average Bonchev–Trinajstić information content (AvgIpc) is 3.15. The number of pyridine rings is 1. The maximum absolute atomic E-state index is 12.8. The number of rotatable bonds is 4. The average molecular weight is 423 g/mol. The van der Waals surface area contributed by atoms with Gasteiger partial charge in [0.15, 0.2) is 9.84 Å². The Kier molecular flexibility index (Phi) is 4.74. The second-order valence-electron chi connectivity index (χ2n) is 7.35. The predicted octanol–water partition coefficient (Wildman–Crippen LogP) is 3.05. The summed E-state index contributed by atoms with van der Waals surface area (Å²) in [6.07, 6.45) is 6.61. The number of aromatic nitrogens is 3. The van der Waals surface area contributed by atoms with E-state index in [0.717, 1.165) is 27.8 Å². The zero-order valence-corrected chi connectivity index (χ0v) is 18.0. The molecule has 1 N–H and O–H groups in total. The molecule has 0 aliphatic carbocycles. The third-order valence-electron chi connectivity index (χ3n) is 5.20. The fourth-order valence-electron chi connectivity index (χ4n) is 3.62. The maximum Gasteiger partial charge on any atom is 0.258 e. The van der Waals surface area contributed by atoms with Crippen LogP contribution in [0.3, 0.4) is 0 Å². The van der Waals surface area contributed by atoms with Crippen LogP contribution in [0.15, 0.2) is 64.7 Å². The smallest absolute Gasteiger partial charge is 0.258 e. The van der Waals surface area contributed by atoms with Crippen molar-refractivity contribution >= 4 is 26.3 Å². The van der Waals surface area contributed by atoms with Crippen LogP contribution in [0, 0.1) is 0 Å². The Balaban J connectivity index is 2.08. The predicted molar refractivity (Wildman–Crippen MR) is 119 cm³/mol. The molecule has 2 aromatic carbocycles. The van der Waals surface area contributed by atoms with Crippen molar-refractivity contribution in [2.45, 2.75) is 4.90 Å². The molecule has 154 valence electrons. The van der Waals surface area contributed by atoms with Crippen LogP contribution in [0.2, 0.25) is 0 Å². The van der Waals surface area contributed by atoms with Crippen molar-refractivity contribution in [2.75, 3.05) is 18.6 Å². The third kappa shape index (κ3) is 3.39. The maximum atomic E-state index is 12.8. The van der Waals surface area contributed by atoms with Gasteiger partial charge in [-0.15, -0.1) is 0 Å². The molecule has 0 spiro atoms. The van der Waals surface area contributed by atoms with Gasteiger partial charge in [0.1, 0.15) is 0 Å². The van der Waals surface area contributed by atoms with Crippen LogP contribution in [-0.4, -0.2) is 36.1 Å². The molecule has 0 amide bonds. The number of aryl methyl sites for hydroxylation is 2. The van der Waals surface area contributed by atoms with Crippen LogP contribution in [0.5, 0.6) is 0 Å². The number of hydrogen-bond donors (Lipinski definition) is 1. The fourth-order valence-corrected chi connectivity index (χ4v) is 4.27. The first kappa shape index (κ1) is 19.9. The Labute approximate surface area is 174 Å². The number of nitrogens with one attached hydrogen (secondary N) is 1. The summed E-state index contributed by atoms with van der Waals surface area (Å²) >= 11 is 0. The normalized spacial score (nSPS) is 11.7. The zero-order valence-electron chi connectivity index (χ0n) is 17.2. The Bertz CT molecular complexity index is 1450. The van der Waals surface area contributed by atoms with Crippen LogP contribution in [0.25, 0.3) is 33.0 Å². The molecule has 0 unspecified atom stereocenters. The highest BCUT2D eigenvalue weighted by Gasteiger charge is 2.17. The minimum absolute atomic E-state index is 0.114. The zero-order chi connectivity index (χ0) is 21.6. The first-order chi connectivity index (χ1) is 14.2. The van der Waals surface area contributed by atoms with Gasteiger partial charge in [-0.1, -0.05) is 6.07 Å². The molecule has 0 radical (unpaired) electrons. The van der Waals surface area contributed by atoms with E-state index >= 15 is 0 Å². The molecule has 7 nitrogen and oxygen atoms in total. The highest BCUT2D eigenvalue weighted by molar-refractivity contribution is 7.90. The summed E-state index contributed by atoms with van der Waals surface area (Å²) in [6, 6.07) is 10.6. The van der Waals surface area contributed by atoms with E-state index < -0.39 is 9.84 Å². The molecule has 0 aliphatic rings. The van der Waals surface area contributed by atoms with Gasteiger partial charge in [-0.3, -0.25) is 9.48 Å². The van der Waals surface area contributed by atoms with Crippen molar-refractivity contribution in [3.63, 3.8) is 0 Å². The lowest BCUT2D eigenvalue weighted by molar-refractivity contribution is 0.602. The molecule has 0 aliphatic heterocycles. The molecule has 0 fully saturated rings. The van der Waals surface area contributed by atoms with Crippen molar-refractivity contribution in [2.24, 2.45) is 14.1 Å². The van der Waals surface area contributed by atoms with Gasteiger partial charge in [0.25, 0.3) is 5.56 Å². The molecular weight excluding hydrogens is 400 g/mol. The van der Waals surface area contributed by atoms with E-state index in [0.29, 0.717) is 10.9 Å². The lowest BCUT2D eigenvalue weighted by atomic mass is 9.96. The first-order valence-corrected chi connectivity index (χ1v) is 11.2. The standard InChI is InChI=1S/C22H22N4O3S/c1-23-21-8-6-16(30(4,28)29)10-19(21)20-13-25(2)22(27)17-7-5-14(9-18(17)20)15-11-24-26(3)12-15/h5-13,23H,1-4H3. The molecule has 0 saturated heterocycles. The largest absolute Gasteiger partial charge is 0.388 e. The van der Waals surface area contributed by atoms with Crippen molar-refractivity contribution in [1.82, 2.24) is 14.3 Å².